The van der Waals surface area contributed by atoms with Gasteiger partial charge in [-0.15, -0.1) is 24.8 Å². The van der Waals surface area contributed by atoms with Gasteiger partial charge in [0, 0.05) is 38.3 Å². The van der Waals surface area contributed by atoms with E-state index < -0.39 is 0 Å². The minimum absolute atomic E-state index is 0. The first-order valence-corrected chi connectivity index (χ1v) is 7.11. The molecule has 1 heterocycles. The number of amides is 1. The van der Waals surface area contributed by atoms with Gasteiger partial charge in [-0.2, -0.15) is 0 Å². The van der Waals surface area contributed by atoms with Crippen LogP contribution >= 0.6 is 24.8 Å². The lowest BCUT2D eigenvalue weighted by molar-refractivity contribution is -0.131. The predicted octanol–water partition coefficient (Wildman–Crippen LogP) is 1.54. The zero-order valence-corrected chi connectivity index (χ0v) is 15.0. The van der Waals surface area contributed by atoms with Gasteiger partial charge in [0.15, 0.2) is 0 Å². The summed E-state index contributed by atoms with van der Waals surface area (Å²) >= 11 is 0. The minimum Gasteiger partial charge on any atom is -0.496 e. The second kappa shape index (κ2) is 10.6. The number of carbonyl (C=O) groups excluding carboxylic acids is 1. The van der Waals surface area contributed by atoms with Crippen LogP contribution in [0.4, 0.5) is 4.39 Å². The van der Waals surface area contributed by atoms with Crippen molar-refractivity contribution in [1.82, 2.24) is 15.1 Å². The fraction of sp³-hybridized carbons (Fsp3) is 0.533. The van der Waals surface area contributed by atoms with Gasteiger partial charge in [-0.1, -0.05) is 0 Å². The number of carbonyl (C=O) groups is 1. The zero-order chi connectivity index (χ0) is 15.2. The predicted molar refractivity (Wildman–Crippen MR) is 93.2 cm³/mol. The van der Waals surface area contributed by atoms with Crippen molar-refractivity contribution in [3.8, 4) is 5.75 Å². The molecule has 1 aromatic carbocycles. The van der Waals surface area contributed by atoms with Crippen molar-refractivity contribution in [3.05, 3.63) is 29.6 Å². The van der Waals surface area contributed by atoms with Gasteiger partial charge >= 0.3 is 0 Å². The molecule has 23 heavy (non-hydrogen) atoms. The summed E-state index contributed by atoms with van der Waals surface area (Å²) in [5.41, 5.74) is 0.840. The summed E-state index contributed by atoms with van der Waals surface area (Å²) in [6, 6.07) is 4.56. The normalized spacial score (nSPS) is 14.7. The lowest BCUT2D eigenvalue weighted by Gasteiger charge is -2.35. The van der Waals surface area contributed by atoms with Gasteiger partial charge in [0.25, 0.3) is 0 Å². The van der Waals surface area contributed by atoms with E-state index >= 15 is 0 Å². The van der Waals surface area contributed by atoms with E-state index in [-0.39, 0.29) is 36.5 Å². The van der Waals surface area contributed by atoms with Gasteiger partial charge in [0.05, 0.1) is 13.7 Å². The fourth-order valence-electron chi connectivity index (χ4n) is 2.53. The summed E-state index contributed by atoms with van der Waals surface area (Å²) in [5, 5.41) is 2.87. The van der Waals surface area contributed by atoms with Crippen LogP contribution in [0, 0.1) is 5.82 Å². The van der Waals surface area contributed by atoms with E-state index in [1.807, 2.05) is 4.90 Å². The average Bonchev–Trinajstić information content (AvgIpc) is 2.48. The third-order valence-electron chi connectivity index (χ3n) is 3.69. The van der Waals surface area contributed by atoms with Gasteiger partial charge in [-0.05, 0) is 25.2 Å². The standard InChI is InChI=1S/C15H22FN3O2.2ClH/c1-17-10-15(20)19-7-5-18(6-8-19)11-12-9-13(16)3-4-14(12)21-2;;/h3-4,9,17H,5-8,10-11H2,1-2H3;2*1H. The SMILES string of the molecule is CNCC(=O)N1CCN(Cc2cc(F)ccc2OC)CC1.Cl.Cl. The van der Waals surface area contributed by atoms with Gasteiger partial charge in [0.2, 0.25) is 5.91 Å². The Balaban J connectivity index is 0.00000242. The molecule has 2 rings (SSSR count). The van der Waals surface area contributed by atoms with E-state index in [0.29, 0.717) is 31.9 Å². The Morgan fingerprint density at radius 3 is 2.48 bits per heavy atom. The molecule has 1 N–H and O–H groups in total. The summed E-state index contributed by atoms with van der Waals surface area (Å²) in [6.45, 7) is 3.99. The number of piperazine rings is 1. The Morgan fingerprint density at radius 2 is 1.91 bits per heavy atom. The highest BCUT2D eigenvalue weighted by atomic mass is 35.5. The van der Waals surface area contributed by atoms with E-state index in [4.69, 9.17) is 4.74 Å². The maximum Gasteiger partial charge on any atom is 0.236 e. The number of likely N-dealkylation sites (N-methyl/N-ethyl adjacent to an activating group) is 1. The number of nitrogens with zero attached hydrogens (tertiary/aromatic N) is 2. The van der Waals surface area contributed by atoms with Crippen LogP contribution in [0.5, 0.6) is 5.75 Å². The van der Waals surface area contributed by atoms with Gasteiger partial charge in [0.1, 0.15) is 11.6 Å². The first-order valence-electron chi connectivity index (χ1n) is 7.11. The second-order valence-electron chi connectivity index (χ2n) is 5.14. The number of nitrogens with one attached hydrogen (secondary N) is 1. The van der Waals surface area contributed by atoms with Crippen LogP contribution in [0.25, 0.3) is 0 Å². The molecule has 5 nitrogen and oxygen atoms in total. The minimum atomic E-state index is -0.256. The topological polar surface area (TPSA) is 44.8 Å². The van der Waals surface area contributed by atoms with Crippen molar-refractivity contribution in [2.45, 2.75) is 6.54 Å². The quantitative estimate of drug-likeness (QED) is 0.857. The van der Waals surface area contributed by atoms with Gasteiger partial charge in [-0.3, -0.25) is 9.69 Å². The van der Waals surface area contributed by atoms with Crippen LogP contribution in [0.2, 0.25) is 0 Å². The molecule has 0 bridgehead atoms. The largest absolute Gasteiger partial charge is 0.496 e. The van der Waals surface area contributed by atoms with Gasteiger partial charge in [-0.25, -0.2) is 4.39 Å². The molecule has 1 aliphatic rings. The monoisotopic (exact) mass is 367 g/mol. The molecule has 8 heteroatoms. The molecular formula is C15H24Cl2FN3O2. The van der Waals surface area contributed by atoms with Crippen molar-refractivity contribution in [2.75, 3.05) is 46.9 Å². The molecule has 132 valence electrons. The van der Waals surface area contributed by atoms with Crippen LogP contribution in [0.15, 0.2) is 18.2 Å². The molecule has 0 aliphatic carbocycles. The van der Waals surface area contributed by atoms with Crippen molar-refractivity contribution in [2.24, 2.45) is 0 Å². The molecule has 0 aromatic heterocycles. The van der Waals surface area contributed by atoms with Crippen LogP contribution in [-0.4, -0.2) is 62.6 Å². The summed E-state index contributed by atoms with van der Waals surface area (Å²) in [6.07, 6.45) is 0. The lowest BCUT2D eigenvalue weighted by Crippen LogP contribution is -2.50. The molecule has 0 atom stereocenters. The van der Waals surface area contributed by atoms with E-state index in [1.54, 1.807) is 20.2 Å². The second-order valence-corrected chi connectivity index (χ2v) is 5.14. The molecule has 1 fully saturated rings. The van der Waals surface area contributed by atoms with Gasteiger partial charge < -0.3 is 15.0 Å². The molecule has 0 radical (unpaired) electrons. The maximum absolute atomic E-state index is 13.4. The molecule has 1 amide bonds. The van der Waals surface area contributed by atoms with E-state index in [1.165, 1.54) is 12.1 Å². The molecule has 1 aliphatic heterocycles. The number of rotatable bonds is 5. The Hall–Kier alpha value is -1.08. The molecule has 0 spiro atoms. The molecule has 0 saturated carbocycles. The van der Waals surface area contributed by atoms with Crippen LogP contribution < -0.4 is 10.1 Å². The van der Waals surface area contributed by atoms with E-state index in [0.717, 1.165) is 18.7 Å². The third-order valence-corrected chi connectivity index (χ3v) is 3.69. The number of halogens is 3. The summed E-state index contributed by atoms with van der Waals surface area (Å²) in [5.74, 6) is 0.569. The highest BCUT2D eigenvalue weighted by Gasteiger charge is 2.21. The average molecular weight is 368 g/mol. The highest BCUT2D eigenvalue weighted by molar-refractivity contribution is 5.85. The summed E-state index contributed by atoms with van der Waals surface area (Å²) in [4.78, 5) is 15.8. The number of hydrogen-bond donors (Lipinski definition) is 1. The molecule has 1 saturated heterocycles. The maximum atomic E-state index is 13.4. The molecular weight excluding hydrogens is 344 g/mol. The first kappa shape index (κ1) is 21.9. The smallest absolute Gasteiger partial charge is 0.236 e. The van der Waals surface area contributed by atoms with Crippen LogP contribution in [0.1, 0.15) is 5.56 Å². The molecule has 1 aromatic rings. The summed E-state index contributed by atoms with van der Waals surface area (Å²) < 4.78 is 18.6. The number of hydrogen-bond acceptors (Lipinski definition) is 4. The lowest BCUT2D eigenvalue weighted by atomic mass is 10.1. The van der Waals surface area contributed by atoms with Crippen molar-refractivity contribution < 1.29 is 13.9 Å². The number of benzene rings is 1. The highest BCUT2D eigenvalue weighted by Crippen LogP contribution is 2.21. The van der Waals surface area contributed by atoms with Crippen molar-refractivity contribution in [1.29, 1.82) is 0 Å². The van der Waals surface area contributed by atoms with Crippen LogP contribution in [-0.2, 0) is 11.3 Å². The van der Waals surface area contributed by atoms with Crippen molar-refractivity contribution >= 4 is 30.7 Å². The summed E-state index contributed by atoms with van der Waals surface area (Å²) in [7, 11) is 3.36. The number of ether oxygens (including phenoxy) is 1. The van der Waals surface area contributed by atoms with E-state index in [9.17, 15) is 9.18 Å². The number of methoxy groups -OCH3 is 1. The Labute approximate surface area is 149 Å². The fourth-order valence-corrected chi connectivity index (χ4v) is 2.53. The molecule has 0 unspecified atom stereocenters. The van der Waals surface area contributed by atoms with Crippen molar-refractivity contribution in [3.63, 3.8) is 0 Å². The van der Waals surface area contributed by atoms with E-state index in [2.05, 4.69) is 10.2 Å². The van der Waals surface area contributed by atoms with Crippen LogP contribution in [0.3, 0.4) is 0 Å². The Morgan fingerprint density at radius 1 is 1.26 bits per heavy atom. The Bertz CT molecular complexity index is 498. The Kier molecular flexibility index (Phi) is 10.1. The zero-order valence-electron chi connectivity index (χ0n) is 13.4. The first-order chi connectivity index (χ1) is 10.1. The third kappa shape index (κ3) is 6.14.